The third-order valence-electron chi connectivity index (χ3n) is 1.84. The number of carboxylic acids is 1. The summed E-state index contributed by atoms with van der Waals surface area (Å²) < 4.78 is 4.68. The number of rotatable bonds is 6. The highest BCUT2D eigenvalue weighted by atomic mass is 32.2. The number of amides is 1. The summed E-state index contributed by atoms with van der Waals surface area (Å²) in [6, 6.07) is 7.36. The molecule has 1 aromatic rings. The molecule has 0 atom stereocenters. The molecule has 1 amide bonds. The SMILES string of the molecule is CSc1ccccc1NC(=O)COCC(=O)O. The van der Waals surface area contributed by atoms with Gasteiger partial charge in [0.1, 0.15) is 13.2 Å². The van der Waals surface area contributed by atoms with E-state index in [1.165, 1.54) is 11.8 Å². The maximum Gasteiger partial charge on any atom is 0.329 e. The van der Waals surface area contributed by atoms with E-state index in [9.17, 15) is 9.59 Å². The van der Waals surface area contributed by atoms with Crippen LogP contribution in [0.4, 0.5) is 5.69 Å². The number of para-hydroxylation sites is 1. The fourth-order valence-electron chi connectivity index (χ4n) is 1.17. The second kappa shape index (κ2) is 6.93. The number of carbonyl (C=O) groups excluding carboxylic acids is 1. The van der Waals surface area contributed by atoms with E-state index in [0.717, 1.165) is 4.90 Å². The number of nitrogens with one attached hydrogen (secondary N) is 1. The Morgan fingerprint density at radius 3 is 2.71 bits per heavy atom. The third-order valence-corrected chi connectivity index (χ3v) is 2.64. The molecule has 0 saturated heterocycles. The summed E-state index contributed by atoms with van der Waals surface area (Å²) in [5, 5.41) is 11.0. The lowest BCUT2D eigenvalue weighted by Crippen LogP contribution is -2.20. The average Bonchev–Trinajstić information content (AvgIpc) is 2.29. The molecule has 0 aromatic heterocycles. The van der Waals surface area contributed by atoms with E-state index in [0.29, 0.717) is 5.69 Å². The number of aliphatic carboxylic acids is 1. The molecule has 2 N–H and O–H groups in total. The molecule has 1 aromatic carbocycles. The first-order valence-electron chi connectivity index (χ1n) is 4.86. The van der Waals surface area contributed by atoms with Crippen LogP contribution < -0.4 is 5.32 Å². The van der Waals surface area contributed by atoms with Gasteiger partial charge in [0.05, 0.1) is 5.69 Å². The van der Waals surface area contributed by atoms with Gasteiger partial charge in [0, 0.05) is 4.90 Å². The highest BCUT2D eigenvalue weighted by Gasteiger charge is 2.06. The maximum atomic E-state index is 11.4. The molecule has 0 heterocycles. The van der Waals surface area contributed by atoms with Gasteiger partial charge in [-0.1, -0.05) is 12.1 Å². The Bertz CT molecular complexity index is 408. The van der Waals surface area contributed by atoms with Crippen LogP contribution in [-0.2, 0) is 14.3 Å². The third kappa shape index (κ3) is 4.88. The highest BCUT2D eigenvalue weighted by Crippen LogP contribution is 2.24. The minimum Gasteiger partial charge on any atom is -0.480 e. The number of hydrogen-bond donors (Lipinski definition) is 2. The maximum absolute atomic E-state index is 11.4. The second-order valence-corrected chi connectivity index (χ2v) is 3.98. The molecule has 0 radical (unpaired) electrons. The zero-order chi connectivity index (χ0) is 12.7. The van der Waals surface area contributed by atoms with E-state index in [1.807, 2.05) is 24.5 Å². The Labute approximate surface area is 103 Å². The second-order valence-electron chi connectivity index (χ2n) is 3.13. The number of ether oxygens (including phenoxy) is 1. The van der Waals surface area contributed by atoms with Crippen molar-refractivity contribution in [3.63, 3.8) is 0 Å². The molecule has 5 nitrogen and oxygen atoms in total. The zero-order valence-electron chi connectivity index (χ0n) is 9.30. The fraction of sp³-hybridized carbons (Fsp3) is 0.273. The minimum atomic E-state index is -1.10. The topological polar surface area (TPSA) is 75.6 Å². The van der Waals surface area contributed by atoms with E-state index >= 15 is 0 Å². The molecule has 0 fully saturated rings. The summed E-state index contributed by atoms with van der Waals surface area (Å²) in [7, 11) is 0. The van der Waals surface area contributed by atoms with Crippen molar-refractivity contribution in [2.75, 3.05) is 24.8 Å². The molecule has 0 unspecified atom stereocenters. The molecule has 0 aliphatic rings. The number of thioether (sulfide) groups is 1. The molecule has 0 aliphatic carbocycles. The van der Waals surface area contributed by atoms with Crippen molar-refractivity contribution in [3.8, 4) is 0 Å². The van der Waals surface area contributed by atoms with Crippen molar-refractivity contribution >= 4 is 29.3 Å². The number of carboxylic acid groups (broad SMARTS) is 1. The first-order valence-corrected chi connectivity index (χ1v) is 6.08. The largest absolute Gasteiger partial charge is 0.480 e. The highest BCUT2D eigenvalue weighted by molar-refractivity contribution is 7.98. The van der Waals surface area contributed by atoms with Crippen LogP contribution in [0.1, 0.15) is 0 Å². The predicted molar refractivity (Wildman–Crippen MR) is 65.3 cm³/mol. The molecule has 92 valence electrons. The number of anilines is 1. The summed E-state index contributed by atoms with van der Waals surface area (Å²) in [5.41, 5.74) is 0.698. The molecule has 0 aliphatic heterocycles. The molecule has 1 rings (SSSR count). The Morgan fingerprint density at radius 1 is 1.35 bits per heavy atom. The van der Waals surface area contributed by atoms with Gasteiger partial charge in [-0.25, -0.2) is 4.79 Å². The van der Waals surface area contributed by atoms with E-state index in [2.05, 4.69) is 10.1 Å². The standard InChI is InChI=1S/C11H13NO4S/c1-17-9-5-3-2-4-8(9)12-10(13)6-16-7-11(14)15/h2-5H,6-7H2,1H3,(H,12,13)(H,14,15). The van der Waals surface area contributed by atoms with Crippen LogP contribution in [-0.4, -0.2) is 36.5 Å². The molecule has 0 saturated carbocycles. The number of benzene rings is 1. The summed E-state index contributed by atoms with van der Waals surface area (Å²) in [6.45, 7) is -0.743. The van der Waals surface area contributed by atoms with Gasteiger partial charge >= 0.3 is 5.97 Å². The number of hydrogen-bond acceptors (Lipinski definition) is 4. The van der Waals surface area contributed by atoms with Gasteiger partial charge < -0.3 is 15.2 Å². The van der Waals surface area contributed by atoms with E-state index in [-0.39, 0.29) is 12.5 Å². The van der Waals surface area contributed by atoms with Crippen LogP contribution in [0.25, 0.3) is 0 Å². The Kier molecular flexibility index (Phi) is 5.51. The van der Waals surface area contributed by atoms with Crippen molar-refractivity contribution in [1.82, 2.24) is 0 Å². The first-order chi connectivity index (χ1) is 8.13. The van der Waals surface area contributed by atoms with Crippen molar-refractivity contribution in [3.05, 3.63) is 24.3 Å². The normalized spacial score (nSPS) is 9.94. The zero-order valence-corrected chi connectivity index (χ0v) is 10.1. The lowest BCUT2D eigenvalue weighted by Gasteiger charge is -2.08. The van der Waals surface area contributed by atoms with Crippen LogP contribution >= 0.6 is 11.8 Å². The molecule has 0 spiro atoms. The number of carbonyl (C=O) groups is 2. The van der Waals surface area contributed by atoms with Crippen LogP contribution in [0.2, 0.25) is 0 Å². The van der Waals surface area contributed by atoms with Gasteiger partial charge in [-0.3, -0.25) is 4.79 Å². The van der Waals surface area contributed by atoms with Crippen molar-refractivity contribution in [2.24, 2.45) is 0 Å². The van der Waals surface area contributed by atoms with Gasteiger partial charge in [0.2, 0.25) is 5.91 Å². The van der Waals surface area contributed by atoms with Gasteiger partial charge in [-0.05, 0) is 18.4 Å². The van der Waals surface area contributed by atoms with Crippen LogP contribution in [0.5, 0.6) is 0 Å². The summed E-state index contributed by atoms with van der Waals surface area (Å²) in [4.78, 5) is 22.5. The van der Waals surface area contributed by atoms with Gasteiger partial charge in [0.15, 0.2) is 0 Å². The summed E-state index contributed by atoms with van der Waals surface area (Å²) >= 11 is 1.52. The monoisotopic (exact) mass is 255 g/mol. The molecule has 0 bridgehead atoms. The lowest BCUT2D eigenvalue weighted by atomic mass is 10.3. The predicted octanol–water partition coefficient (Wildman–Crippen LogP) is 1.45. The fourth-order valence-corrected chi connectivity index (χ4v) is 1.72. The van der Waals surface area contributed by atoms with Gasteiger partial charge in [-0.15, -0.1) is 11.8 Å². The summed E-state index contributed by atoms with van der Waals surface area (Å²) in [6.07, 6.45) is 1.91. The van der Waals surface area contributed by atoms with E-state index in [4.69, 9.17) is 5.11 Å². The molecule has 17 heavy (non-hydrogen) atoms. The average molecular weight is 255 g/mol. The van der Waals surface area contributed by atoms with Crippen molar-refractivity contribution in [1.29, 1.82) is 0 Å². The van der Waals surface area contributed by atoms with Crippen LogP contribution in [0, 0.1) is 0 Å². The molecular weight excluding hydrogens is 242 g/mol. The first kappa shape index (κ1) is 13.5. The van der Waals surface area contributed by atoms with Crippen molar-refractivity contribution < 1.29 is 19.4 Å². The van der Waals surface area contributed by atoms with Gasteiger partial charge in [0.25, 0.3) is 0 Å². The van der Waals surface area contributed by atoms with Crippen LogP contribution in [0.15, 0.2) is 29.2 Å². The smallest absolute Gasteiger partial charge is 0.329 e. The van der Waals surface area contributed by atoms with E-state index < -0.39 is 12.6 Å². The Morgan fingerprint density at radius 2 is 2.06 bits per heavy atom. The molecular formula is C11H13NO4S. The minimum absolute atomic E-state index is 0.269. The van der Waals surface area contributed by atoms with Crippen LogP contribution in [0.3, 0.4) is 0 Å². The molecule has 6 heteroatoms. The van der Waals surface area contributed by atoms with E-state index in [1.54, 1.807) is 6.07 Å². The van der Waals surface area contributed by atoms with Gasteiger partial charge in [-0.2, -0.15) is 0 Å². The Hall–Kier alpha value is -1.53. The Balaban J connectivity index is 2.47. The quantitative estimate of drug-likeness (QED) is 0.752. The van der Waals surface area contributed by atoms with Crippen molar-refractivity contribution in [2.45, 2.75) is 4.90 Å². The lowest BCUT2D eigenvalue weighted by molar-refractivity contribution is -0.143. The summed E-state index contributed by atoms with van der Waals surface area (Å²) in [5.74, 6) is -1.46.